The van der Waals surface area contributed by atoms with Gasteiger partial charge in [-0.25, -0.2) is 4.39 Å². The standard InChI is InChI=1S/C22H24ClFN2O3/c1-15-11-26(16(2)10-25(15)12-17-3-6-20(24)7-4-17)22(28)14-29-21-8-5-19(23)9-18(21)13-27/h3-9,13,15-16H,10-12,14H2,1-2H3/t15?,16-/m1/s1. The van der Waals surface area contributed by atoms with E-state index in [1.165, 1.54) is 18.2 Å². The van der Waals surface area contributed by atoms with Crippen LogP contribution in [0.2, 0.25) is 5.02 Å². The van der Waals surface area contributed by atoms with Crippen molar-refractivity contribution >= 4 is 23.8 Å². The first-order valence-corrected chi connectivity index (χ1v) is 9.90. The highest BCUT2D eigenvalue weighted by Gasteiger charge is 2.32. The average molecular weight is 419 g/mol. The van der Waals surface area contributed by atoms with Gasteiger partial charge in [0.2, 0.25) is 0 Å². The summed E-state index contributed by atoms with van der Waals surface area (Å²) in [6.07, 6.45) is 0.657. The van der Waals surface area contributed by atoms with Crippen molar-refractivity contribution in [3.05, 3.63) is 64.4 Å². The largest absolute Gasteiger partial charge is 0.483 e. The average Bonchev–Trinajstić information content (AvgIpc) is 2.70. The van der Waals surface area contributed by atoms with Gasteiger partial charge in [0, 0.05) is 36.7 Å². The minimum atomic E-state index is -0.246. The smallest absolute Gasteiger partial charge is 0.260 e. The van der Waals surface area contributed by atoms with Crippen LogP contribution >= 0.6 is 11.6 Å². The summed E-state index contributed by atoms with van der Waals surface area (Å²) in [5.74, 6) is -0.0324. The lowest BCUT2D eigenvalue weighted by Crippen LogP contribution is -2.58. The molecule has 1 unspecified atom stereocenters. The molecule has 154 valence electrons. The molecular weight excluding hydrogens is 395 g/mol. The number of ether oxygens (including phenoxy) is 1. The molecule has 0 bridgehead atoms. The molecule has 0 N–H and O–H groups in total. The fourth-order valence-corrected chi connectivity index (χ4v) is 3.74. The fraction of sp³-hybridized carbons (Fsp3) is 0.364. The molecule has 1 amide bonds. The summed E-state index contributed by atoms with van der Waals surface area (Å²) in [4.78, 5) is 28.0. The molecule has 2 atom stereocenters. The maximum absolute atomic E-state index is 13.1. The highest BCUT2D eigenvalue weighted by Crippen LogP contribution is 2.22. The van der Waals surface area contributed by atoms with Gasteiger partial charge in [-0.05, 0) is 49.7 Å². The van der Waals surface area contributed by atoms with Crippen LogP contribution in [-0.4, -0.2) is 53.8 Å². The molecule has 2 aromatic rings. The zero-order chi connectivity index (χ0) is 21.0. The molecule has 0 spiro atoms. The Morgan fingerprint density at radius 1 is 1.17 bits per heavy atom. The van der Waals surface area contributed by atoms with Crippen molar-refractivity contribution in [2.75, 3.05) is 19.7 Å². The first-order chi connectivity index (χ1) is 13.9. The van der Waals surface area contributed by atoms with Crippen LogP contribution in [-0.2, 0) is 11.3 Å². The Hall–Kier alpha value is -2.44. The molecule has 2 aromatic carbocycles. The first kappa shape index (κ1) is 21.3. The van der Waals surface area contributed by atoms with Crippen LogP contribution < -0.4 is 4.74 Å². The molecule has 1 heterocycles. The molecule has 7 heteroatoms. The number of piperazine rings is 1. The van der Waals surface area contributed by atoms with Crippen LogP contribution in [0.3, 0.4) is 0 Å². The van der Waals surface area contributed by atoms with E-state index < -0.39 is 0 Å². The third-order valence-corrected chi connectivity index (χ3v) is 5.42. The number of carbonyl (C=O) groups is 2. The van der Waals surface area contributed by atoms with Gasteiger partial charge >= 0.3 is 0 Å². The molecule has 0 aromatic heterocycles. The zero-order valence-corrected chi connectivity index (χ0v) is 17.2. The van der Waals surface area contributed by atoms with Crippen LogP contribution in [0.1, 0.15) is 29.8 Å². The predicted molar refractivity (Wildman–Crippen MR) is 110 cm³/mol. The predicted octanol–water partition coefficient (Wildman–Crippen LogP) is 3.79. The lowest BCUT2D eigenvalue weighted by atomic mass is 10.1. The second-order valence-corrected chi connectivity index (χ2v) is 7.83. The SMILES string of the molecule is CC1CN(C(=O)COc2ccc(Cl)cc2C=O)[C@H](C)CN1Cc1ccc(F)cc1. The van der Waals surface area contributed by atoms with Crippen LogP contribution in [0, 0.1) is 5.82 Å². The van der Waals surface area contributed by atoms with Crippen molar-refractivity contribution in [3.63, 3.8) is 0 Å². The van der Waals surface area contributed by atoms with Crippen LogP contribution in [0.15, 0.2) is 42.5 Å². The van der Waals surface area contributed by atoms with Crippen molar-refractivity contribution in [1.82, 2.24) is 9.80 Å². The molecule has 1 saturated heterocycles. The number of hydrogen-bond donors (Lipinski definition) is 0. The highest BCUT2D eigenvalue weighted by atomic mass is 35.5. The summed E-state index contributed by atoms with van der Waals surface area (Å²) >= 11 is 5.88. The molecule has 5 nitrogen and oxygen atoms in total. The number of aldehydes is 1. The summed E-state index contributed by atoms with van der Waals surface area (Å²) < 4.78 is 18.7. The number of halogens is 2. The molecule has 0 radical (unpaired) electrons. The Balaban J connectivity index is 1.58. The van der Waals surface area contributed by atoms with Gasteiger partial charge < -0.3 is 9.64 Å². The molecule has 1 aliphatic heterocycles. The number of amides is 1. The van der Waals surface area contributed by atoms with Crippen molar-refractivity contribution < 1.29 is 18.7 Å². The summed E-state index contributed by atoms with van der Waals surface area (Å²) in [6, 6.07) is 11.4. The quantitative estimate of drug-likeness (QED) is 0.670. The molecule has 0 aliphatic carbocycles. The van der Waals surface area contributed by atoms with Crippen LogP contribution in [0.5, 0.6) is 5.75 Å². The Labute approximate surface area is 175 Å². The topological polar surface area (TPSA) is 49.9 Å². The monoisotopic (exact) mass is 418 g/mol. The Bertz CT molecular complexity index is 875. The van der Waals surface area contributed by atoms with Gasteiger partial charge in [0.1, 0.15) is 11.6 Å². The third kappa shape index (κ3) is 5.34. The van der Waals surface area contributed by atoms with E-state index >= 15 is 0 Å². The van der Waals surface area contributed by atoms with Gasteiger partial charge in [-0.15, -0.1) is 0 Å². The normalized spacial score (nSPS) is 19.8. The Kier molecular flexibility index (Phi) is 6.87. The zero-order valence-electron chi connectivity index (χ0n) is 16.5. The van der Waals surface area contributed by atoms with E-state index in [0.29, 0.717) is 42.3 Å². The molecule has 1 fully saturated rings. The van der Waals surface area contributed by atoms with E-state index in [9.17, 15) is 14.0 Å². The molecule has 3 rings (SSSR count). The molecule has 0 saturated carbocycles. The lowest BCUT2D eigenvalue weighted by Gasteiger charge is -2.44. The molecule has 1 aliphatic rings. The maximum atomic E-state index is 13.1. The van der Waals surface area contributed by atoms with Crippen molar-refractivity contribution in [2.24, 2.45) is 0 Å². The fourth-order valence-electron chi connectivity index (χ4n) is 3.56. The number of carbonyl (C=O) groups excluding carboxylic acids is 2. The molecular formula is C22H24ClFN2O3. The summed E-state index contributed by atoms with van der Waals surface area (Å²) in [5, 5.41) is 0.436. The Morgan fingerprint density at radius 2 is 1.90 bits per heavy atom. The van der Waals surface area contributed by atoms with Gasteiger partial charge in [-0.3, -0.25) is 14.5 Å². The van der Waals surface area contributed by atoms with Gasteiger partial charge in [0.15, 0.2) is 12.9 Å². The maximum Gasteiger partial charge on any atom is 0.260 e. The van der Waals surface area contributed by atoms with E-state index in [1.807, 2.05) is 11.8 Å². The number of benzene rings is 2. The van der Waals surface area contributed by atoms with E-state index in [0.717, 1.165) is 5.56 Å². The Morgan fingerprint density at radius 3 is 2.59 bits per heavy atom. The number of rotatable bonds is 6. The second-order valence-electron chi connectivity index (χ2n) is 7.39. The minimum Gasteiger partial charge on any atom is -0.483 e. The van der Waals surface area contributed by atoms with Crippen LogP contribution in [0.4, 0.5) is 4.39 Å². The van der Waals surface area contributed by atoms with E-state index in [-0.39, 0.29) is 30.4 Å². The van der Waals surface area contributed by atoms with E-state index in [2.05, 4.69) is 11.8 Å². The third-order valence-electron chi connectivity index (χ3n) is 5.18. The van der Waals surface area contributed by atoms with Gasteiger partial charge in [0.05, 0.1) is 5.56 Å². The summed E-state index contributed by atoms with van der Waals surface area (Å²) in [5.41, 5.74) is 1.36. The van der Waals surface area contributed by atoms with Crippen molar-refractivity contribution in [3.8, 4) is 5.75 Å². The van der Waals surface area contributed by atoms with Crippen molar-refractivity contribution in [1.29, 1.82) is 0 Å². The van der Waals surface area contributed by atoms with Gasteiger partial charge in [-0.2, -0.15) is 0 Å². The minimum absolute atomic E-state index is 0.0125. The lowest BCUT2D eigenvalue weighted by molar-refractivity contribution is -0.139. The first-order valence-electron chi connectivity index (χ1n) is 9.53. The molecule has 29 heavy (non-hydrogen) atoms. The van der Waals surface area contributed by atoms with Gasteiger partial charge in [-0.1, -0.05) is 23.7 Å². The highest BCUT2D eigenvalue weighted by molar-refractivity contribution is 6.30. The van der Waals surface area contributed by atoms with Gasteiger partial charge in [0.25, 0.3) is 5.91 Å². The number of nitrogens with zero attached hydrogens (tertiary/aromatic N) is 2. The van der Waals surface area contributed by atoms with Crippen LogP contribution in [0.25, 0.3) is 0 Å². The van der Waals surface area contributed by atoms with E-state index in [1.54, 1.807) is 24.3 Å². The summed E-state index contributed by atoms with van der Waals surface area (Å²) in [6.45, 7) is 5.92. The van der Waals surface area contributed by atoms with Crippen molar-refractivity contribution in [2.45, 2.75) is 32.5 Å². The summed E-state index contributed by atoms with van der Waals surface area (Å²) in [7, 11) is 0. The number of hydrogen-bond acceptors (Lipinski definition) is 4. The van der Waals surface area contributed by atoms with E-state index in [4.69, 9.17) is 16.3 Å². The second kappa shape index (κ2) is 9.37.